The van der Waals surface area contributed by atoms with Crippen LogP contribution in [0.4, 0.5) is 10.6 Å². The van der Waals surface area contributed by atoms with Crippen molar-refractivity contribution in [1.82, 2.24) is 9.88 Å². The summed E-state index contributed by atoms with van der Waals surface area (Å²) in [6, 6.07) is 14.6. The van der Waals surface area contributed by atoms with Gasteiger partial charge in [0.1, 0.15) is 11.5 Å². The monoisotopic (exact) mass is 325 g/mol. The first-order valence-electron chi connectivity index (χ1n) is 7.83. The highest BCUT2D eigenvalue weighted by atomic mass is 16.5. The Morgan fingerprint density at radius 3 is 2.33 bits per heavy atom. The average molecular weight is 325 g/mol. The second-order valence-corrected chi connectivity index (χ2v) is 5.52. The van der Waals surface area contributed by atoms with Gasteiger partial charge >= 0.3 is 6.09 Å². The molecule has 1 aliphatic rings. The molecule has 0 N–H and O–H groups in total. The minimum absolute atomic E-state index is 0.0920. The van der Waals surface area contributed by atoms with Crippen molar-refractivity contribution < 1.29 is 14.3 Å². The highest BCUT2D eigenvalue weighted by Crippen LogP contribution is 2.16. The van der Waals surface area contributed by atoms with Crippen molar-refractivity contribution >= 4 is 17.7 Å². The molecule has 1 aromatic heterocycles. The van der Waals surface area contributed by atoms with Crippen LogP contribution in [0.15, 0.2) is 48.5 Å². The molecule has 1 aromatic carbocycles. The Balaban J connectivity index is 1.72. The Labute approximate surface area is 140 Å². The highest BCUT2D eigenvalue weighted by Gasteiger charge is 2.22. The molecule has 0 saturated carbocycles. The molecule has 0 atom stereocenters. The number of ketones is 1. The lowest BCUT2D eigenvalue weighted by atomic mass is 10.1. The van der Waals surface area contributed by atoms with Gasteiger partial charge in [0.2, 0.25) is 5.78 Å². The number of anilines is 1. The first-order valence-corrected chi connectivity index (χ1v) is 7.83. The van der Waals surface area contributed by atoms with E-state index in [0.717, 1.165) is 5.82 Å². The molecule has 2 heterocycles. The third-order valence-corrected chi connectivity index (χ3v) is 4.04. The van der Waals surface area contributed by atoms with E-state index >= 15 is 0 Å². The van der Waals surface area contributed by atoms with Gasteiger partial charge < -0.3 is 14.5 Å². The summed E-state index contributed by atoms with van der Waals surface area (Å²) in [7, 11) is 1.38. The van der Waals surface area contributed by atoms with Crippen molar-refractivity contribution in [1.29, 1.82) is 0 Å². The van der Waals surface area contributed by atoms with Crippen LogP contribution in [0.2, 0.25) is 0 Å². The zero-order chi connectivity index (χ0) is 16.9. The van der Waals surface area contributed by atoms with Gasteiger partial charge in [0.05, 0.1) is 7.11 Å². The Hall–Kier alpha value is -2.89. The topological polar surface area (TPSA) is 62.7 Å². The predicted molar refractivity (Wildman–Crippen MR) is 90.3 cm³/mol. The summed E-state index contributed by atoms with van der Waals surface area (Å²) in [4.78, 5) is 32.3. The number of carbonyl (C=O) groups is 2. The summed E-state index contributed by atoms with van der Waals surface area (Å²) >= 11 is 0. The standard InChI is InChI=1S/C18H19N3O3/c1-24-18(23)21-12-10-20(11-13-21)16-9-5-8-15(19-16)17(22)14-6-3-2-4-7-14/h2-9H,10-13H2,1H3. The molecule has 0 unspecified atom stereocenters. The van der Waals surface area contributed by atoms with Crippen molar-refractivity contribution in [2.45, 2.75) is 0 Å². The lowest BCUT2D eigenvalue weighted by Crippen LogP contribution is -2.49. The minimum Gasteiger partial charge on any atom is -0.453 e. The molecular formula is C18H19N3O3. The second-order valence-electron chi connectivity index (χ2n) is 5.52. The van der Waals surface area contributed by atoms with E-state index in [2.05, 4.69) is 9.88 Å². The van der Waals surface area contributed by atoms with E-state index in [1.807, 2.05) is 30.3 Å². The zero-order valence-corrected chi connectivity index (χ0v) is 13.5. The van der Waals surface area contributed by atoms with Crippen LogP contribution in [0, 0.1) is 0 Å². The summed E-state index contributed by atoms with van der Waals surface area (Å²) in [5, 5.41) is 0. The molecule has 3 rings (SSSR count). The molecule has 0 bridgehead atoms. The van der Waals surface area contributed by atoms with Crippen molar-refractivity contribution in [2.75, 3.05) is 38.2 Å². The lowest BCUT2D eigenvalue weighted by Gasteiger charge is -2.34. The number of hydrogen-bond donors (Lipinski definition) is 0. The van der Waals surface area contributed by atoms with E-state index in [1.54, 1.807) is 23.1 Å². The van der Waals surface area contributed by atoms with Crippen molar-refractivity contribution in [3.8, 4) is 0 Å². The van der Waals surface area contributed by atoms with Gasteiger partial charge in [-0.05, 0) is 12.1 Å². The first kappa shape index (κ1) is 16.0. The summed E-state index contributed by atoms with van der Waals surface area (Å²) in [6.45, 7) is 2.46. The maximum Gasteiger partial charge on any atom is 0.409 e. The first-order chi connectivity index (χ1) is 11.7. The number of hydrogen-bond acceptors (Lipinski definition) is 5. The number of piperazine rings is 1. The summed E-state index contributed by atoms with van der Waals surface area (Å²) in [5.74, 6) is 0.659. The number of pyridine rings is 1. The quantitative estimate of drug-likeness (QED) is 0.810. The van der Waals surface area contributed by atoms with E-state index in [9.17, 15) is 9.59 Å². The molecule has 24 heavy (non-hydrogen) atoms. The van der Waals surface area contributed by atoms with Crippen molar-refractivity contribution in [3.05, 3.63) is 59.8 Å². The van der Waals surface area contributed by atoms with Gasteiger partial charge in [0.25, 0.3) is 0 Å². The van der Waals surface area contributed by atoms with Gasteiger partial charge in [0.15, 0.2) is 0 Å². The fraction of sp³-hybridized carbons (Fsp3) is 0.278. The molecule has 1 amide bonds. The van der Waals surface area contributed by atoms with Crippen LogP contribution in [-0.2, 0) is 4.74 Å². The number of benzene rings is 1. The molecular weight excluding hydrogens is 306 g/mol. The van der Waals surface area contributed by atoms with Crippen molar-refractivity contribution in [2.24, 2.45) is 0 Å². The molecule has 1 aliphatic heterocycles. The second kappa shape index (κ2) is 7.12. The van der Waals surface area contributed by atoms with E-state index in [4.69, 9.17) is 4.74 Å². The maximum absolute atomic E-state index is 12.5. The van der Waals surface area contributed by atoms with Crippen LogP contribution in [-0.4, -0.2) is 55.0 Å². The Bertz CT molecular complexity index is 725. The SMILES string of the molecule is COC(=O)N1CCN(c2cccc(C(=O)c3ccccc3)n2)CC1. The number of carbonyl (C=O) groups excluding carboxylic acids is 2. The van der Waals surface area contributed by atoms with Gasteiger partial charge in [-0.1, -0.05) is 36.4 Å². The third kappa shape index (κ3) is 3.37. The van der Waals surface area contributed by atoms with Crippen molar-refractivity contribution in [3.63, 3.8) is 0 Å². The Kier molecular flexibility index (Phi) is 4.74. The number of ether oxygens (including phenoxy) is 1. The molecule has 2 aromatic rings. The van der Waals surface area contributed by atoms with Gasteiger partial charge in [-0.25, -0.2) is 9.78 Å². The van der Waals surface area contributed by atoms with Gasteiger partial charge in [-0.2, -0.15) is 0 Å². The predicted octanol–water partition coefficient (Wildman–Crippen LogP) is 2.20. The summed E-state index contributed by atoms with van der Waals surface area (Å²) < 4.78 is 4.74. The Morgan fingerprint density at radius 2 is 1.67 bits per heavy atom. The molecule has 124 valence electrons. The molecule has 1 fully saturated rings. The van der Waals surface area contributed by atoms with Gasteiger partial charge in [-0.15, -0.1) is 0 Å². The summed E-state index contributed by atoms with van der Waals surface area (Å²) in [6.07, 6.45) is -0.310. The number of aromatic nitrogens is 1. The largest absolute Gasteiger partial charge is 0.453 e. The van der Waals surface area contributed by atoms with E-state index in [-0.39, 0.29) is 11.9 Å². The lowest BCUT2D eigenvalue weighted by molar-refractivity contribution is 0.103. The number of methoxy groups -OCH3 is 1. The van der Waals surface area contributed by atoms with Crippen LogP contribution >= 0.6 is 0 Å². The maximum atomic E-state index is 12.5. The molecule has 0 aliphatic carbocycles. The van der Waals surface area contributed by atoms with Crippen LogP contribution in [0.25, 0.3) is 0 Å². The normalized spacial score (nSPS) is 14.4. The van der Waals surface area contributed by atoms with Crippen LogP contribution in [0.1, 0.15) is 16.1 Å². The molecule has 1 saturated heterocycles. The van der Waals surface area contributed by atoms with Crippen LogP contribution in [0.3, 0.4) is 0 Å². The molecule has 0 spiro atoms. The molecule has 6 heteroatoms. The fourth-order valence-electron chi connectivity index (χ4n) is 2.71. The fourth-order valence-corrected chi connectivity index (χ4v) is 2.71. The number of amides is 1. The van der Waals surface area contributed by atoms with Crippen LogP contribution in [0.5, 0.6) is 0 Å². The van der Waals surface area contributed by atoms with E-state index in [0.29, 0.717) is 37.4 Å². The third-order valence-electron chi connectivity index (χ3n) is 4.04. The molecule has 6 nitrogen and oxygen atoms in total. The highest BCUT2D eigenvalue weighted by molar-refractivity contribution is 6.07. The Morgan fingerprint density at radius 1 is 0.958 bits per heavy atom. The zero-order valence-electron chi connectivity index (χ0n) is 13.5. The minimum atomic E-state index is -0.310. The summed E-state index contributed by atoms with van der Waals surface area (Å²) in [5.41, 5.74) is 1.05. The molecule has 0 radical (unpaired) electrons. The average Bonchev–Trinajstić information content (AvgIpc) is 2.67. The van der Waals surface area contributed by atoms with Gasteiger partial charge in [0, 0.05) is 31.7 Å². The number of rotatable bonds is 3. The smallest absolute Gasteiger partial charge is 0.409 e. The van der Waals surface area contributed by atoms with Crippen LogP contribution < -0.4 is 4.90 Å². The van der Waals surface area contributed by atoms with E-state index < -0.39 is 0 Å². The number of nitrogens with zero attached hydrogens (tertiary/aromatic N) is 3. The van der Waals surface area contributed by atoms with Gasteiger partial charge in [-0.3, -0.25) is 4.79 Å². The van der Waals surface area contributed by atoms with E-state index in [1.165, 1.54) is 7.11 Å².